The normalized spacial score (nSPS) is 10.6. The van der Waals surface area contributed by atoms with Crippen LogP contribution in [0.25, 0.3) is 11.0 Å². The minimum absolute atomic E-state index is 0.149. The fourth-order valence-electron chi connectivity index (χ4n) is 2.75. The summed E-state index contributed by atoms with van der Waals surface area (Å²) in [4.78, 5) is 24.2. The number of rotatable bonds is 8. The molecule has 152 valence electrons. The predicted molar refractivity (Wildman–Crippen MR) is 108 cm³/mol. The summed E-state index contributed by atoms with van der Waals surface area (Å²) in [5.74, 6) is 0.483. The molecule has 2 amide bonds. The molecule has 1 heterocycles. The summed E-state index contributed by atoms with van der Waals surface area (Å²) >= 11 is 0. The first-order valence-corrected chi connectivity index (χ1v) is 8.96. The van der Waals surface area contributed by atoms with Gasteiger partial charge in [-0.1, -0.05) is 6.07 Å². The molecule has 0 bridgehead atoms. The third-order valence-electron chi connectivity index (χ3n) is 4.13. The van der Waals surface area contributed by atoms with Crippen molar-refractivity contribution in [2.45, 2.75) is 6.42 Å². The smallest absolute Gasteiger partial charge is 0.411 e. The highest BCUT2D eigenvalue weighted by Crippen LogP contribution is 2.26. The number of amides is 2. The van der Waals surface area contributed by atoms with Gasteiger partial charge in [-0.15, -0.1) is 0 Å². The molecule has 0 aliphatic rings. The minimum Gasteiger partial charge on any atom is -0.497 e. The van der Waals surface area contributed by atoms with Gasteiger partial charge in [-0.05, 0) is 30.3 Å². The van der Waals surface area contributed by atoms with Crippen LogP contribution < -0.4 is 15.4 Å². The maximum atomic E-state index is 12.5. The monoisotopic (exact) mass is 398 g/mol. The van der Waals surface area contributed by atoms with Crippen molar-refractivity contribution in [3.05, 3.63) is 54.3 Å². The molecule has 0 unspecified atom stereocenters. The van der Waals surface area contributed by atoms with Gasteiger partial charge in [0, 0.05) is 35.5 Å². The summed E-state index contributed by atoms with van der Waals surface area (Å²) in [5.41, 5.74) is 2.49. The summed E-state index contributed by atoms with van der Waals surface area (Å²) in [5, 5.41) is 6.27. The molecule has 0 aliphatic carbocycles. The van der Waals surface area contributed by atoms with Crippen LogP contribution in [-0.4, -0.2) is 39.4 Å². The Labute approximate surface area is 167 Å². The summed E-state index contributed by atoms with van der Waals surface area (Å²) in [6.45, 7) is 0.474. The quantitative estimate of drug-likeness (QED) is 0.560. The Morgan fingerprint density at radius 2 is 1.79 bits per heavy atom. The number of methoxy groups -OCH3 is 2. The number of benzene rings is 2. The molecule has 0 aliphatic heterocycles. The fourth-order valence-corrected chi connectivity index (χ4v) is 2.75. The lowest BCUT2D eigenvalue weighted by molar-refractivity contribution is -0.115. The van der Waals surface area contributed by atoms with E-state index in [0.29, 0.717) is 29.3 Å². The molecule has 8 heteroatoms. The van der Waals surface area contributed by atoms with E-state index in [0.717, 1.165) is 10.9 Å². The van der Waals surface area contributed by atoms with Crippen LogP contribution in [0.3, 0.4) is 0 Å². The molecule has 29 heavy (non-hydrogen) atoms. The number of nitrogens with one attached hydrogen (secondary N) is 2. The Bertz CT molecular complexity index is 998. The van der Waals surface area contributed by atoms with Crippen LogP contribution in [0.4, 0.5) is 16.2 Å². The van der Waals surface area contributed by atoms with Gasteiger partial charge in [0.1, 0.15) is 17.9 Å². The number of anilines is 2. The number of hydrogen-bond acceptors (Lipinski definition) is 6. The molecule has 8 nitrogen and oxygen atoms in total. The lowest BCUT2D eigenvalue weighted by atomic mass is 10.1. The lowest BCUT2D eigenvalue weighted by Crippen LogP contribution is -2.17. The van der Waals surface area contributed by atoms with E-state index in [9.17, 15) is 9.59 Å². The number of hydrogen-bond donors (Lipinski definition) is 2. The molecule has 0 fully saturated rings. The molecule has 0 spiro atoms. The van der Waals surface area contributed by atoms with Crippen molar-refractivity contribution >= 4 is 34.3 Å². The van der Waals surface area contributed by atoms with Crippen molar-refractivity contribution in [3.63, 3.8) is 0 Å². The van der Waals surface area contributed by atoms with Gasteiger partial charge in [0.05, 0.1) is 26.4 Å². The van der Waals surface area contributed by atoms with Crippen LogP contribution in [0, 0.1) is 0 Å². The molecule has 2 aromatic carbocycles. The zero-order valence-electron chi connectivity index (χ0n) is 16.2. The number of carbonyl (C=O) groups excluding carboxylic acids is 2. The molecular formula is C21H22N2O6. The lowest BCUT2D eigenvalue weighted by Gasteiger charge is -2.09. The highest BCUT2D eigenvalue weighted by atomic mass is 16.6. The van der Waals surface area contributed by atoms with Crippen LogP contribution in [0.1, 0.15) is 5.56 Å². The van der Waals surface area contributed by atoms with Gasteiger partial charge in [-0.25, -0.2) is 4.79 Å². The molecule has 0 saturated heterocycles. The number of carbonyl (C=O) groups is 2. The van der Waals surface area contributed by atoms with E-state index >= 15 is 0 Å². The maximum Gasteiger partial charge on any atom is 0.411 e. The SMILES string of the molecule is COCCOC(=O)Nc1cccc(NC(=O)Cc2coc3cc(OC)ccc23)c1. The van der Waals surface area contributed by atoms with Crippen LogP contribution in [0.15, 0.2) is 53.1 Å². The second-order valence-electron chi connectivity index (χ2n) is 6.18. The standard InChI is InChI=1S/C21H22N2O6/c1-26-8-9-28-21(25)23-16-5-3-4-15(11-16)22-20(24)10-14-13-29-19-12-17(27-2)6-7-18(14)19/h3-7,11-13H,8-10H2,1-2H3,(H,22,24)(H,23,25). The molecule has 3 aromatic rings. The second-order valence-corrected chi connectivity index (χ2v) is 6.18. The van der Waals surface area contributed by atoms with E-state index < -0.39 is 6.09 Å². The zero-order chi connectivity index (χ0) is 20.6. The molecule has 0 saturated carbocycles. The fraction of sp³-hybridized carbons (Fsp3) is 0.238. The second kappa shape index (κ2) is 9.61. The molecular weight excluding hydrogens is 376 g/mol. The van der Waals surface area contributed by atoms with Crippen molar-refractivity contribution in [1.82, 2.24) is 0 Å². The molecule has 2 N–H and O–H groups in total. The van der Waals surface area contributed by atoms with Crippen molar-refractivity contribution in [2.75, 3.05) is 38.1 Å². The van der Waals surface area contributed by atoms with E-state index in [1.165, 1.54) is 7.11 Å². The first-order chi connectivity index (χ1) is 14.1. The Balaban J connectivity index is 1.60. The van der Waals surface area contributed by atoms with Gasteiger partial charge >= 0.3 is 6.09 Å². The summed E-state index contributed by atoms with van der Waals surface area (Å²) in [7, 11) is 3.11. The van der Waals surface area contributed by atoms with E-state index in [-0.39, 0.29) is 18.9 Å². The van der Waals surface area contributed by atoms with E-state index in [2.05, 4.69) is 10.6 Å². The number of ether oxygens (including phenoxy) is 3. The highest BCUT2D eigenvalue weighted by Gasteiger charge is 2.12. The third kappa shape index (κ3) is 5.49. The minimum atomic E-state index is -0.592. The van der Waals surface area contributed by atoms with Crippen LogP contribution in [-0.2, 0) is 20.7 Å². The summed E-state index contributed by atoms with van der Waals surface area (Å²) in [6, 6.07) is 12.3. The van der Waals surface area contributed by atoms with Crippen molar-refractivity contribution in [1.29, 1.82) is 0 Å². The third-order valence-corrected chi connectivity index (χ3v) is 4.13. The molecule has 0 radical (unpaired) electrons. The average molecular weight is 398 g/mol. The van der Waals surface area contributed by atoms with Crippen LogP contribution in [0.5, 0.6) is 5.75 Å². The predicted octanol–water partition coefficient (Wildman–Crippen LogP) is 3.82. The molecule has 0 atom stereocenters. The first kappa shape index (κ1) is 20.2. The van der Waals surface area contributed by atoms with E-state index in [1.54, 1.807) is 43.7 Å². The Morgan fingerprint density at radius 1 is 1.00 bits per heavy atom. The Hall–Kier alpha value is -3.52. The Kier molecular flexibility index (Phi) is 6.70. The molecule has 1 aromatic heterocycles. The van der Waals surface area contributed by atoms with Crippen molar-refractivity contribution in [3.8, 4) is 5.75 Å². The van der Waals surface area contributed by atoms with Gasteiger partial charge in [-0.3, -0.25) is 10.1 Å². The Morgan fingerprint density at radius 3 is 2.55 bits per heavy atom. The average Bonchev–Trinajstić information content (AvgIpc) is 3.10. The number of fused-ring (bicyclic) bond motifs is 1. The summed E-state index contributed by atoms with van der Waals surface area (Å²) in [6.07, 6.45) is 1.12. The van der Waals surface area contributed by atoms with Gasteiger partial charge in [0.25, 0.3) is 0 Å². The highest BCUT2D eigenvalue weighted by molar-refractivity contribution is 5.96. The van der Waals surface area contributed by atoms with Crippen LogP contribution >= 0.6 is 0 Å². The van der Waals surface area contributed by atoms with E-state index in [1.807, 2.05) is 12.1 Å². The molecule has 3 rings (SSSR count). The first-order valence-electron chi connectivity index (χ1n) is 8.96. The van der Waals surface area contributed by atoms with Gasteiger partial charge in [0.2, 0.25) is 5.91 Å². The van der Waals surface area contributed by atoms with Gasteiger partial charge in [0.15, 0.2) is 0 Å². The van der Waals surface area contributed by atoms with E-state index in [4.69, 9.17) is 18.6 Å². The van der Waals surface area contributed by atoms with Gasteiger partial charge in [-0.2, -0.15) is 0 Å². The topological polar surface area (TPSA) is 99.0 Å². The summed E-state index contributed by atoms with van der Waals surface area (Å²) < 4.78 is 20.5. The number of furan rings is 1. The largest absolute Gasteiger partial charge is 0.497 e. The zero-order valence-corrected chi connectivity index (χ0v) is 16.2. The van der Waals surface area contributed by atoms with Gasteiger partial charge < -0.3 is 23.9 Å². The maximum absolute atomic E-state index is 12.5. The van der Waals surface area contributed by atoms with Crippen LogP contribution in [0.2, 0.25) is 0 Å². The van der Waals surface area contributed by atoms with Crippen molar-refractivity contribution in [2.24, 2.45) is 0 Å². The van der Waals surface area contributed by atoms with Crippen molar-refractivity contribution < 1.29 is 28.2 Å².